The van der Waals surface area contributed by atoms with Gasteiger partial charge in [-0.1, -0.05) is 210 Å². The summed E-state index contributed by atoms with van der Waals surface area (Å²) < 4.78 is 33.3. The molecule has 0 unspecified atom stereocenters. The summed E-state index contributed by atoms with van der Waals surface area (Å²) >= 11 is 0. The molecule has 12 aromatic rings. The number of rotatable bonds is 13. The van der Waals surface area contributed by atoms with E-state index in [1.165, 1.54) is 11.1 Å². The number of aromatic nitrogens is 1. The molecule has 87 heavy (non-hydrogen) atoms. The molecule has 0 bridgehead atoms. The Morgan fingerprint density at radius 3 is 1.69 bits per heavy atom. The molecule has 0 atom stereocenters. The first-order valence-electron chi connectivity index (χ1n) is 31.0. The molecule has 14 rings (SSSR count). The van der Waals surface area contributed by atoms with Crippen LogP contribution >= 0.6 is 0 Å². The second-order valence-electron chi connectivity index (χ2n) is 23.7. The molecule has 11 aromatic carbocycles. The largest absolute Gasteiger partial charge is 0.509 e. The minimum absolute atomic E-state index is 0. The third-order valence-electron chi connectivity index (χ3n) is 17.2. The van der Waals surface area contributed by atoms with Crippen LogP contribution in [0.3, 0.4) is 0 Å². The van der Waals surface area contributed by atoms with Crippen molar-refractivity contribution in [3.05, 3.63) is 303 Å². The van der Waals surface area contributed by atoms with Gasteiger partial charge in [0.1, 0.15) is 5.82 Å². The first-order chi connectivity index (χ1) is 43.2. The zero-order chi connectivity index (χ0) is 60.9. The van der Waals surface area contributed by atoms with Crippen molar-refractivity contribution in [2.45, 2.75) is 58.2 Å². The second kappa shape index (κ2) is 23.7. The van der Waals surface area contributed by atoms with Crippen LogP contribution in [0.4, 0.5) is 34.3 Å². The number of ether oxygens (including phenoxy) is 1. The van der Waals surface area contributed by atoms with Gasteiger partial charge in [0.2, 0.25) is 0 Å². The Morgan fingerprint density at radius 2 is 1.03 bits per heavy atom. The molecular formula is C81H65N4OPt-3. The molecule has 1 aliphatic carbocycles. The maximum absolute atomic E-state index is 8.88. The van der Waals surface area contributed by atoms with Gasteiger partial charge in [-0.2, -0.15) is 18.2 Å². The summed E-state index contributed by atoms with van der Waals surface area (Å²) in [5.41, 5.74) is 21.5. The molecule has 2 aliphatic rings. The van der Waals surface area contributed by atoms with Gasteiger partial charge in [-0.05, 0) is 145 Å². The fraction of sp³-hybridized carbons (Fsp3) is 0.111. The predicted octanol–water partition coefficient (Wildman–Crippen LogP) is 22.0. The number of hydrogen-bond acceptors (Lipinski definition) is 5. The average molecular weight is 1310 g/mol. The number of nitrogens with one attached hydrogen (secondary N) is 1. The monoisotopic (exact) mass is 1310 g/mol. The van der Waals surface area contributed by atoms with Crippen LogP contribution in [0.15, 0.2) is 267 Å². The fourth-order valence-electron chi connectivity index (χ4n) is 12.8. The molecule has 2 heterocycles. The molecule has 0 saturated heterocycles. The molecule has 428 valence electrons. The summed E-state index contributed by atoms with van der Waals surface area (Å²) in [6.45, 7) is 8.87. The van der Waals surface area contributed by atoms with E-state index in [1.807, 2.05) is 60.7 Å². The van der Waals surface area contributed by atoms with Gasteiger partial charge in [-0.15, -0.1) is 48.3 Å². The standard InChI is InChI=1S/C81H65N4O.Pt/c1-55-48-76(82-53-71(55)70-37-22-38-72-78(70)81(4,5)47-46-80(72,2)3)83-73-39-23-34-67(58-28-14-8-15-29-58)77(73)60-42-44-65(45-43-60)86-66-33-20-32-64(52-66)84-54-85(75-41-19-18-40-74(75)84)79-68(59-30-16-9-17-31-59)35-21-36-69(79)63-50-61(56-24-10-6-11-25-56)49-62(51-63)57-26-12-7-13-27-57;/h6-44,48-51,53-54H,46-47H2,1-5H3,(H,82,83);/q-3;/i1D3;. The van der Waals surface area contributed by atoms with Crippen molar-refractivity contribution in [2.75, 3.05) is 15.1 Å². The van der Waals surface area contributed by atoms with Gasteiger partial charge in [0.15, 0.2) is 0 Å². The first-order valence-corrected chi connectivity index (χ1v) is 29.5. The Morgan fingerprint density at radius 1 is 0.483 bits per heavy atom. The second-order valence-corrected chi connectivity index (χ2v) is 23.7. The van der Waals surface area contributed by atoms with E-state index < -0.39 is 6.85 Å². The van der Waals surface area contributed by atoms with Crippen LogP contribution in [-0.2, 0) is 31.9 Å². The molecule has 0 saturated carbocycles. The number of nitrogens with zero attached hydrogens (tertiary/aromatic N) is 3. The van der Waals surface area contributed by atoms with Gasteiger partial charge in [-0.3, -0.25) is 0 Å². The number of fused-ring (bicyclic) bond motifs is 2. The summed E-state index contributed by atoms with van der Waals surface area (Å²) in [6.07, 6.45) is 3.80. The van der Waals surface area contributed by atoms with Crippen molar-refractivity contribution in [3.8, 4) is 89.4 Å². The van der Waals surface area contributed by atoms with Crippen molar-refractivity contribution in [3.63, 3.8) is 0 Å². The van der Waals surface area contributed by atoms with Crippen LogP contribution in [0.5, 0.6) is 11.5 Å². The Balaban J connectivity index is 0.00000743. The molecule has 0 spiro atoms. The van der Waals surface area contributed by atoms with Crippen molar-refractivity contribution in [1.82, 2.24) is 4.98 Å². The van der Waals surface area contributed by atoms with E-state index in [0.29, 0.717) is 22.9 Å². The zero-order valence-electron chi connectivity index (χ0n) is 52.0. The molecule has 0 fully saturated rings. The number of benzene rings is 11. The van der Waals surface area contributed by atoms with Gasteiger partial charge in [0.05, 0.1) is 0 Å². The third-order valence-corrected chi connectivity index (χ3v) is 17.2. The predicted molar refractivity (Wildman–Crippen MR) is 358 cm³/mol. The summed E-state index contributed by atoms with van der Waals surface area (Å²) in [6, 6.07) is 97.4. The number of aryl methyl sites for hydroxylation is 1. The Kier molecular flexibility index (Phi) is 14.4. The maximum atomic E-state index is 8.88. The SMILES string of the molecule is [2H]C([2H])([2H])c1cc(Nc2cccc(-c3ccccc3)c2-c2c[c-]c(Oc3[c-]c(N4[CH-]N(c5c(-c6ccccc6)cccc5-c5cc(-c6ccccc6)cc(-c6ccccc6)c5)c5ccccc54)ccc3)cc2)ncc1-c1cccc2c1C(C)(C)CCC2(C)C.[Pt]. The summed E-state index contributed by atoms with van der Waals surface area (Å²) in [4.78, 5) is 9.49. The van der Waals surface area contributed by atoms with Gasteiger partial charge in [0, 0.05) is 82.3 Å². The van der Waals surface area contributed by atoms with E-state index in [2.05, 4.69) is 256 Å². The molecule has 1 aromatic heterocycles. The molecule has 1 N–H and O–H groups in total. The average Bonchev–Trinajstić information content (AvgIpc) is 1.08. The quantitative estimate of drug-likeness (QED) is 0.117. The van der Waals surface area contributed by atoms with E-state index in [9.17, 15) is 0 Å². The first kappa shape index (κ1) is 53.0. The van der Waals surface area contributed by atoms with Gasteiger partial charge in [0.25, 0.3) is 0 Å². The molecule has 0 amide bonds. The smallest absolute Gasteiger partial charge is 0.130 e. The molecule has 0 radical (unpaired) electrons. The van der Waals surface area contributed by atoms with Gasteiger partial charge in [-0.25, -0.2) is 4.98 Å². The normalized spacial score (nSPS) is 14.4. The van der Waals surface area contributed by atoms with Crippen molar-refractivity contribution < 1.29 is 29.9 Å². The number of anilines is 6. The van der Waals surface area contributed by atoms with Crippen LogP contribution < -0.4 is 19.9 Å². The minimum atomic E-state index is -2.41. The zero-order valence-corrected chi connectivity index (χ0v) is 51.2. The fourth-order valence-corrected chi connectivity index (χ4v) is 12.8. The minimum Gasteiger partial charge on any atom is -0.509 e. The third kappa shape index (κ3) is 11.1. The number of para-hydroxylation sites is 3. The molecule has 5 nitrogen and oxygen atoms in total. The van der Waals surface area contributed by atoms with Gasteiger partial charge >= 0.3 is 0 Å². The Hall–Kier alpha value is -9.54. The molecule has 1 aliphatic heterocycles. The van der Waals surface area contributed by atoms with E-state index in [-0.39, 0.29) is 37.5 Å². The van der Waals surface area contributed by atoms with Gasteiger partial charge < -0.3 is 19.9 Å². The topological polar surface area (TPSA) is 40.6 Å². The molecular weight excluding hydrogens is 1240 g/mol. The maximum Gasteiger partial charge on any atom is 0.130 e. The van der Waals surface area contributed by atoms with Crippen LogP contribution in [0.1, 0.15) is 61.3 Å². The van der Waals surface area contributed by atoms with Crippen LogP contribution in [0.2, 0.25) is 0 Å². The Labute approximate surface area is 531 Å². The van der Waals surface area contributed by atoms with Crippen molar-refractivity contribution in [1.29, 1.82) is 0 Å². The Bertz CT molecular complexity index is 4520. The number of pyridine rings is 1. The van der Waals surface area contributed by atoms with E-state index >= 15 is 0 Å². The summed E-state index contributed by atoms with van der Waals surface area (Å²) in [5.74, 6) is 1.48. The van der Waals surface area contributed by atoms with Crippen molar-refractivity contribution in [2.24, 2.45) is 0 Å². The van der Waals surface area contributed by atoms with E-state index in [0.717, 1.165) is 114 Å². The van der Waals surface area contributed by atoms with Crippen LogP contribution in [0.25, 0.3) is 77.9 Å². The van der Waals surface area contributed by atoms with Crippen LogP contribution in [-0.4, -0.2) is 4.98 Å². The van der Waals surface area contributed by atoms with Crippen LogP contribution in [0, 0.1) is 25.7 Å². The van der Waals surface area contributed by atoms with Crippen molar-refractivity contribution >= 4 is 34.3 Å². The number of hydrogen-bond donors (Lipinski definition) is 1. The molecule has 6 heteroatoms. The summed E-state index contributed by atoms with van der Waals surface area (Å²) in [5, 5.41) is 3.59. The van der Waals surface area contributed by atoms with E-state index in [4.69, 9.17) is 13.8 Å². The van der Waals surface area contributed by atoms with E-state index in [1.54, 1.807) is 12.3 Å². The summed E-state index contributed by atoms with van der Waals surface area (Å²) in [7, 11) is 0.